The second-order valence-corrected chi connectivity index (χ2v) is 4.31. The van der Waals surface area contributed by atoms with Gasteiger partial charge in [-0.15, -0.1) is 0 Å². The van der Waals surface area contributed by atoms with Gasteiger partial charge in [-0.05, 0) is 20.8 Å². The third-order valence-corrected chi connectivity index (χ3v) is 1.80. The number of hydrogen-bond acceptors (Lipinski definition) is 3. The van der Waals surface area contributed by atoms with E-state index in [9.17, 15) is 0 Å². The maximum absolute atomic E-state index is 4.27. The van der Waals surface area contributed by atoms with Crippen LogP contribution in [-0.4, -0.2) is 19.9 Å². The summed E-state index contributed by atoms with van der Waals surface area (Å²) >= 11 is 0. The van der Waals surface area contributed by atoms with Crippen molar-refractivity contribution in [2.45, 2.75) is 26.3 Å². The molecule has 0 bridgehead atoms. The summed E-state index contributed by atoms with van der Waals surface area (Å²) in [6.07, 6.45) is 7.33. The minimum absolute atomic E-state index is 0.000787. The molecule has 0 unspecified atom stereocenters. The molecule has 0 aliphatic carbocycles. The monoisotopic (exact) mass is 190 g/mol. The minimum Gasteiger partial charge on any atom is -0.362 e. The maximum atomic E-state index is 4.27. The van der Waals surface area contributed by atoms with Crippen LogP contribution >= 0.6 is 0 Å². The molecule has 0 saturated carbocycles. The average molecular weight is 190 g/mol. The van der Waals surface area contributed by atoms with E-state index in [1.54, 1.807) is 12.4 Å². The molecule has 2 rings (SSSR count). The fourth-order valence-electron chi connectivity index (χ4n) is 1.30. The molecule has 0 spiro atoms. The molecule has 0 amide bonds. The number of nitrogens with one attached hydrogen (secondary N) is 1. The Morgan fingerprint density at radius 3 is 2.43 bits per heavy atom. The van der Waals surface area contributed by atoms with Crippen LogP contribution in [0, 0.1) is 0 Å². The minimum atomic E-state index is 0.000787. The first kappa shape index (κ1) is 8.99. The second-order valence-electron chi connectivity index (χ2n) is 4.31. The quantitative estimate of drug-likeness (QED) is 0.747. The molecule has 0 aromatic carbocycles. The van der Waals surface area contributed by atoms with Gasteiger partial charge in [0, 0.05) is 30.3 Å². The summed E-state index contributed by atoms with van der Waals surface area (Å²) in [7, 11) is 0. The summed E-state index contributed by atoms with van der Waals surface area (Å²) in [4.78, 5) is 8.51. The standard InChI is InChI=1S/C10H14N4/c1-10(2,3)13-8-9-12-5-7-14(9)6-4-11-8/h4-7H,1-3H3,(H,11,13). The first-order valence-electron chi connectivity index (χ1n) is 4.62. The Balaban J connectivity index is 2.46. The molecular weight excluding hydrogens is 176 g/mol. The van der Waals surface area contributed by atoms with Crippen LogP contribution in [0.3, 0.4) is 0 Å². The Bertz CT molecular complexity index is 439. The predicted octanol–water partition coefficient (Wildman–Crippen LogP) is 1.94. The fraction of sp³-hybridized carbons (Fsp3) is 0.400. The van der Waals surface area contributed by atoms with Crippen LogP contribution in [0.25, 0.3) is 5.65 Å². The number of imidazole rings is 1. The van der Waals surface area contributed by atoms with Gasteiger partial charge in [0.15, 0.2) is 11.5 Å². The van der Waals surface area contributed by atoms with Gasteiger partial charge in [0.05, 0.1) is 0 Å². The van der Waals surface area contributed by atoms with Crippen molar-refractivity contribution in [2.75, 3.05) is 5.32 Å². The van der Waals surface area contributed by atoms with Crippen LogP contribution in [0.4, 0.5) is 5.82 Å². The summed E-state index contributed by atoms with van der Waals surface area (Å²) in [6, 6.07) is 0. The number of nitrogens with zero attached hydrogens (tertiary/aromatic N) is 3. The first-order valence-corrected chi connectivity index (χ1v) is 4.62. The summed E-state index contributed by atoms with van der Waals surface area (Å²) in [6.45, 7) is 6.30. The molecule has 4 nitrogen and oxygen atoms in total. The zero-order valence-electron chi connectivity index (χ0n) is 8.65. The van der Waals surface area contributed by atoms with Crippen LogP contribution in [-0.2, 0) is 0 Å². The van der Waals surface area contributed by atoms with Crippen LogP contribution in [0.5, 0.6) is 0 Å². The van der Waals surface area contributed by atoms with Gasteiger partial charge in [-0.25, -0.2) is 9.97 Å². The highest BCUT2D eigenvalue weighted by Gasteiger charge is 2.12. The maximum Gasteiger partial charge on any atom is 0.180 e. The molecule has 4 heteroatoms. The largest absolute Gasteiger partial charge is 0.362 e. The smallest absolute Gasteiger partial charge is 0.180 e. The number of rotatable bonds is 1. The Morgan fingerprint density at radius 1 is 1.14 bits per heavy atom. The normalized spacial score (nSPS) is 11.9. The Hall–Kier alpha value is -1.58. The topological polar surface area (TPSA) is 42.2 Å². The molecule has 0 aliphatic heterocycles. The summed E-state index contributed by atoms with van der Waals surface area (Å²) in [5, 5.41) is 3.32. The summed E-state index contributed by atoms with van der Waals surface area (Å²) < 4.78 is 1.95. The van der Waals surface area contributed by atoms with Gasteiger partial charge in [-0.1, -0.05) is 0 Å². The first-order chi connectivity index (χ1) is 6.56. The van der Waals surface area contributed by atoms with Crippen LogP contribution in [0.2, 0.25) is 0 Å². The van der Waals surface area contributed by atoms with Gasteiger partial charge in [0.1, 0.15) is 0 Å². The molecule has 1 N–H and O–H groups in total. The van der Waals surface area contributed by atoms with Gasteiger partial charge in [-0.3, -0.25) is 0 Å². The molecule has 0 saturated heterocycles. The van der Waals surface area contributed by atoms with Crippen molar-refractivity contribution in [2.24, 2.45) is 0 Å². The van der Waals surface area contributed by atoms with Gasteiger partial charge in [0.2, 0.25) is 0 Å². The summed E-state index contributed by atoms with van der Waals surface area (Å²) in [5.74, 6) is 0.824. The van der Waals surface area contributed by atoms with E-state index in [1.807, 2.05) is 16.8 Å². The highest BCUT2D eigenvalue weighted by Crippen LogP contribution is 2.15. The van der Waals surface area contributed by atoms with E-state index in [0.717, 1.165) is 11.5 Å². The lowest BCUT2D eigenvalue weighted by Crippen LogP contribution is -2.27. The molecule has 14 heavy (non-hydrogen) atoms. The van der Waals surface area contributed by atoms with Crippen molar-refractivity contribution in [1.29, 1.82) is 0 Å². The van der Waals surface area contributed by atoms with E-state index in [2.05, 4.69) is 36.1 Å². The third-order valence-electron chi connectivity index (χ3n) is 1.80. The molecule has 0 fully saturated rings. The molecular formula is C10H14N4. The molecule has 0 aliphatic rings. The second kappa shape index (κ2) is 2.97. The zero-order valence-corrected chi connectivity index (χ0v) is 8.65. The van der Waals surface area contributed by atoms with E-state index in [-0.39, 0.29) is 5.54 Å². The zero-order chi connectivity index (χ0) is 10.2. The van der Waals surface area contributed by atoms with E-state index < -0.39 is 0 Å². The lowest BCUT2D eigenvalue weighted by molar-refractivity contribution is 0.630. The molecule has 2 aromatic rings. The Morgan fingerprint density at radius 2 is 1.79 bits per heavy atom. The number of fused-ring (bicyclic) bond motifs is 1. The SMILES string of the molecule is CC(C)(C)Nc1nccn2ccnc12. The molecule has 2 heterocycles. The molecule has 0 atom stereocenters. The third kappa shape index (κ3) is 1.69. The average Bonchev–Trinajstić information content (AvgIpc) is 2.49. The van der Waals surface area contributed by atoms with E-state index in [0.29, 0.717) is 0 Å². The van der Waals surface area contributed by atoms with Crippen LogP contribution < -0.4 is 5.32 Å². The van der Waals surface area contributed by atoms with Crippen molar-refractivity contribution >= 4 is 11.5 Å². The highest BCUT2D eigenvalue weighted by molar-refractivity contribution is 5.62. The number of aromatic nitrogens is 3. The Labute approximate surface area is 83.0 Å². The summed E-state index contributed by atoms with van der Waals surface area (Å²) in [5.41, 5.74) is 0.864. The van der Waals surface area contributed by atoms with Crippen LogP contribution in [0.1, 0.15) is 20.8 Å². The predicted molar refractivity (Wildman–Crippen MR) is 56.4 cm³/mol. The number of hydrogen-bond donors (Lipinski definition) is 1. The highest BCUT2D eigenvalue weighted by atomic mass is 15.1. The van der Waals surface area contributed by atoms with Crippen molar-refractivity contribution in [3.63, 3.8) is 0 Å². The molecule has 2 aromatic heterocycles. The molecule has 0 radical (unpaired) electrons. The number of anilines is 1. The van der Waals surface area contributed by atoms with Crippen molar-refractivity contribution < 1.29 is 0 Å². The van der Waals surface area contributed by atoms with Crippen molar-refractivity contribution in [1.82, 2.24) is 14.4 Å². The van der Waals surface area contributed by atoms with E-state index in [1.165, 1.54) is 0 Å². The molecule has 74 valence electrons. The van der Waals surface area contributed by atoms with E-state index in [4.69, 9.17) is 0 Å². The van der Waals surface area contributed by atoms with Gasteiger partial charge < -0.3 is 9.72 Å². The van der Waals surface area contributed by atoms with Gasteiger partial charge in [0.25, 0.3) is 0 Å². The van der Waals surface area contributed by atoms with Gasteiger partial charge >= 0.3 is 0 Å². The van der Waals surface area contributed by atoms with Crippen molar-refractivity contribution in [3.8, 4) is 0 Å². The van der Waals surface area contributed by atoms with Gasteiger partial charge in [-0.2, -0.15) is 0 Å². The lowest BCUT2D eigenvalue weighted by Gasteiger charge is -2.21. The fourth-order valence-corrected chi connectivity index (χ4v) is 1.30. The van der Waals surface area contributed by atoms with Crippen molar-refractivity contribution in [3.05, 3.63) is 24.8 Å². The lowest BCUT2D eigenvalue weighted by atomic mass is 10.1. The van der Waals surface area contributed by atoms with Crippen LogP contribution in [0.15, 0.2) is 24.8 Å². The van der Waals surface area contributed by atoms with E-state index >= 15 is 0 Å². The Kier molecular flexibility index (Phi) is 1.91.